The van der Waals surface area contributed by atoms with Crippen molar-refractivity contribution < 1.29 is 14.3 Å². The average Bonchev–Trinajstić information content (AvgIpc) is 2.79. The number of hydrogen-bond acceptors (Lipinski definition) is 4. The normalized spacial score (nSPS) is 23.3. The third-order valence-corrected chi connectivity index (χ3v) is 6.78. The zero-order valence-corrected chi connectivity index (χ0v) is 19.8. The quantitative estimate of drug-likeness (QED) is 0.652. The second-order valence-electron chi connectivity index (χ2n) is 10.2. The molecule has 0 N–H and O–H groups in total. The molecule has 4 rings (SSSR count). The number of hydrogen-bond donors (Lipinski definition) is 0. The van der Waals surface area contributed by atoms with Crippen LogP contribution in [0.2, 0.25) is 0 Å². The van der Waals surface area contributed by atoms with Crippen LogP contribution < -0.4 is 0 Å². The Kier molecular flexibility index (Phi) is 6.68. The smallest absolute Gasteiger partial charge is 0.253 e. The van der Waals surface area contributed by atoms with Crippen molar-refractivity contribution in [3.8, 4) is 0 Å². The van der Waals surface area contributed by atoms with Gasteiger partial charge in [0, 0.05) is 55.4 Å². The van der Waals surface area contributed by atoms with Crippen LogP contribution in [0.15, 0.2) is 48.7 Å². The first kappa shape index (κ1) is 22.9. The van der Waals surface area contributed by atoms with Gasteiger partial charge in [0.25, 0.3) is 5.91 Å². The Morgan fingerprint density at radius 2 is 1.91 bits per heavy atom. The topological polar surface area (TPSA) is 51.7 Å². The van der Waals surface area contributed by atoms with E-state index in [0.717, 1.165) is 36.9 Å². The largest absolute Gasteiger partial charge is 0.378 e. The SMILES string of the molecule is CCO[C@H]1C[C@@H](c2ccccc2)OC2(CCN(C(=O)c3ccnc(C(C)(C)C)c3)CC2)C1. The van der Waals surface area contributed by atoms with Gasteiger partial charge in [0.2, 0.25) is 0 Å². The zero-order chi connectivity index (χ0) is 22.8. The maximum Gasteiger partial charge on any atom is 0.253 e. The average molecular weight is 437 g/mol. The maximum atomic E-state index is 13.2. The summed E-state index contributed by atoms with van der Waals surface area (Å²) in [4.78, 5) is 19.7. The van der Waals surface area contributed by atoms with E-state index in [1.807, 2.05) is 23.1 Å². The molecule has 2 atom stereocenters. The maximum absolute atomic E-state index is 13.2. The predicted molar refractivity (Wildman–Crippen MR) is 126 cm³/mol. The number of carbonyl (C=O) groups excluding carboxylic acids is 1. The molecule has 2 saturated heterocycles. The fraction of sp³-hybridized carbons (Fsp3) is 0.556. The lowest BCUT2D eigenvalue weighted by Gasteiger charge is -2.48. The molecule has 1 aromatic carbocycles. The van der Waals surface area contributed by atoms with Gasteiger partial charge in [-0.2, -0.15) is 0 Å². The summed E-state index contributed by atoms with van der Waals surface area (Å²) in [5, 5.41) is 0. The van der Waals surface area contributed by atoms with Crippen LogP contribution >= 0.6 is 0 Å². The van der Waals surface area contributed by atoms with E-state index < -0.39 is 0 Å². The molecular formula is C27H36N2O3. The van der Waals surface area contributed by atoms with Crippen molar-refractivity contribution in [3.63, 3.8) is 0 Å². The molecule has 5 heteroatoms. The summed E-state index contributed by atoms with van der Waals surface area (Å²) in [6.45, 7) is 10.5. The van der Waals surface area contributed by atoms with Crippen LogP contribution in [0.5, 0.6) is 0 Å². The van der Waals surface area contributed by atoms with Crippen molar-refractivity contribution in [1.29, 1.82) is 0 Å². The Bertz CT molecular complexity index is 914. The van der Waals surface area contributed by atoms with E-state index >= 15 is 0 Å². The van der Waals surface area contributed by atoms with Gasteiger partial charge < -0.3 is 14.4 Å². The summed E-state index contributed by atoms with van der Waals surface area (Å²) in [5.74, 6) is 0.0875. The molecule has 32 heavy (non-hydrogen) atoms. The summed E-state index contributed by atoms with van der Waals surface area (Å²) < 4.78 is 12.8. The van der Waals surface area contributed by atoms with Crippen molar-refractivity contribution >= 4 is 5.91 Å². The minimum absolute atomic E-state index is 0.0401. The predicted octanol–water partition coefficient (Wildman–Crippen LogP) is 5.31. The number of aromatic nitrogens is 1. The minimum Gasteiger partial charge on any atom is -0.378 e. The molecule has 0 bridgehead atoms. The molecule has 0 saturated carbocycles. The molecule has 2 aromatic rings. The third kappa shape index (κ3) is 5.05. The highest BCUT2D eigenvalue weighted by Gasteiger charge is 2.45. The highest BCUT2D eigenvalue weighted by molar-refractivity contribution is 5.94. The van der Waals surface area contributed by atoms with Crippen LogP contribution in [-0.2, 0) is 14.9 Å². The molecule has 172 valence electrons. The van der Waals surface area contributed by atoms with Crippen LogP contribution in [0.4, 0.5) is 0 Å². The van der Waals surface area contributed by atoms with Crippen molar-refractivity contribution in [2.75, 3.05) is 19.7 Å². The Morgan fingerprint density at radius 3 is 2.56 bits per heavy atom. The minimum atomic E-state index is -0.232. The molecule has 2 aliphatic rings. The number of rotatable bonds is 4. The number of ether oxygens (including phenoxy) is 2. The van der Waals surface area contributed by atoms with Crippen LogP contribution in [-0.4, -0.2) is 47.2 Å². The van der Waals surface area contributed by atoms with Crippen molar-refractivity contribution in [1.82, 2.24) is 9.88 Å². The van der Waals surface area contributed by atoms with Crippen molar-refractivity contribution in [2.45, 2.75) is 76.6 Å². The van der Waals surface area contributed by atoms with E-state index in [2.05, 4.69) is 56.9 Å². The van der Waals surface area contributed by atoms with E-state index in [1.165, 1.54) is 5.56 Å². The van der Waals surface area contributed by atoms with Gasteiger partial charge in [-0.3, -0.25) is 9.78 Å². The van der Waals surface area contributed by atoms with Gasteiger partial charge >= 0.3 is 0 Å². The molecule has 2 aliphatic heterocycles. The number of benzene rings is 1. The standard InChI is InChI=1S/C27H36N2O3/c1-5-31-22-18-23(20-9-7-6-8-10-20)32-27(19-22)12-15-29(16-13-27)25(30)21-11-14-28-24(17-21)26(2,3)4/h6-11,14,17,22-23H,5,12-13,15-16,18-19H2,1-4H3/t22-,23-/m0/s1. The number of likely N-dealkylation sites (tertiary alicyclic amines) is 1. The first-order chi connectivity index (χ1) is 15.3. The van der Waals surface area contributed by atoms with Gasteiger partial charge in [0.1, 0.15) is 0 Å². The number of pyridine rings is 1. The molecule has 0 unspecified atom stereocenters. The molecule has 1 aromatic heterocycles. The zero-order valence-electron chi connectivity index (χ0n) is 19.8. The summed E-state index contributed by atoms with van der Waals surface area (Å²) in [6.07, 6.45) is 5.44. The molecule has 0 radical (unpaired) electrons. The Hall–Kier alpha value is -2.24. The van der Waals surface area contributed by atoms with Crippen molar-refractivity contribution in [3.05, 3.63) is 65.5 Å². The van der Waals surface area contributed by atoms with E-state index in [4.69, 9.17) is 9.47 Å². The summed E-state index contributed by atoms with van der Waals surface area (Å²) >= 11 is 0. The molecule has 1 spiro atoms. The van der Waals surface area contributed by atoms with Crippen LogP contribution in [0.1, 0.15) is 81.1 Å². The van der Waals surface area contributed by atoms with Crippen LogP contribution in [0, 0.1) is 0 Å². The molecule has 1 amide bonds. The van der Waals surface area contributed by atoms with Crippen LogP contribution in [0.25, 0.3) is 0 Å². The molecule has 3 heterocycles. The molecular weight excluding hydrogens is 400 g/mol. The Morgan fingerprint density at radius 1 is 1.19 bits per heavy atom. The highest BCUT2D eigenvalue weighted by Crippen LogP contribution is 2.44. The Labute approximate surface area is 192 Å². The number of amides is 1. The van der Waals surface area contributed by atoms with E-state index in [0.29, 0.717) is 19.7 Å². The highest BCUT2D eigenvalue weighted by atomic mass is 16.5. The van der Waals surface area contributed by atoms with Gasteiger partial charge in [-0.15, -0.1) is 0 Å². The second kappa shape index (κ2) is 9.32. The van der Waals surface area contributed by atoms with E-state index in [9.17, 15) is 4.79 Å². The summed E-state index contributed by atoms with van der Waals surface area (Å²) in [7, 11) is 0. The first-order valence-electron chi connectivity index (χ1n) is 11.9. The Balaban J connectivity index is 1.47. The lowest BCUT2D eigenvalue weighted by atomic mass is 9.80. The molecule has 0 aliphatic carbocycles. The van der Waals surface area contributed by atoms with Gasteiger partial charge in [0.05, 0.1) is 17.8 Å². The third-order valence-electron chi connectivity index (χ3n) is 6.78. The number of piperidine rings is 1. The first-order valence-corrected chi connectivity index (χ1v) is 11.9. The van der Waals surface area contributed by atoms with E-state index in [1.54, 1.807) is 6.20 Å². The molecule has 2 fully saturated rings. The fourth-order valence-electron chi connectivity index (χ4n) is 4.97. The summed E-state index contributed by atoms with van der Waals surface area (Å²) in [6, 6.07) is 14.2. The summed E-state index contributed by atoms with van der Waals surface area (Å²) in [5.41, 5.74) is 2.56. The monoisotopic (exact) mass is 436 g/mol. The number of nitrogens with zero attached hydrogens (tertiary/aromatic N) is 2. The van der Waals surface area contributed by atoms with Gasteiger partial charge in [0.15, 0.2) is 0 Å². The van der Waals surface area contributed by atoms with Gasteiger partial charge in [-0.05, 0) is 37.5 Å². The number of carbonyl (C=O) groups is 1. The van der Waals surface area contributed by atoms with Crippen molar-refractivity contribution in [2.24, 2.45) is 0 Å². The second-order valence-corrected chi connectivity index (χ2v) is 10.2. The van der Waals surface area contributed by atoms with Crippen LogP contribution in [0.3, 0.4) is 0 Å². The van der Waals surface area contributed by atoms with Gasteiger partial charge in [-0.25, -0.2) is 0 Å². The van der Waals surface area contributed by atoms with Gasteiger partial charge in [-0.1, -0.05) is 51.1 Å². The van der Waals surface area contributed by atoms with E-state index in [-0.39, 0.29) is 29.1 Å². The molecule has 5 nitrogen and oxygen atoms in total. The lowest BCUT2D eigenvalue weighted by Crippen LogP contribution is -2.52. The lowest BCUT2D eigenvalue weighted by molar-refractivity contribution is -0.190. The fourth-order valence-corrected chi connectivity index (χ4v) is 4.97.